The summed E-state index contributed by atoms with van der Waals surface area (Å²) in [6.07, 6.45) is -0.674. The van der Waals surface area contributed by atoms with E-state index >= 15 is 0 Å². The zero-order valence-corrected chi connectivity index (χ0v) is 11.5. The average Bonchev–Trinajstić information content (AvgIpc) is 2.46. The van der Waals surface area contributed by atoms with E-state index in [1.807, 2.05) is 67.5 Å². The molecule has 0 heterocycles. The van der Waals surface area contributed by atoms with Crippen molar-refractivity contribution in [3.05, 3.63) is 59.7 Å². The summed E-state index contributed by atoms with van der Waals surface area (Å²) in [6, 6.07) is 15.4. The van der Waals surface area contributed by atoms with Gasteiger partial charge in [0.2, 0.25) is 0 Å². The first kappa shape index (κ1) is 13.4. The summed E-state index contributed by atoms with van der Waals surface area (Å²) in [7, 11) is 5.60. The molecule has 0 fully saturated rings. The van der Waals surface area contributed by atoms with E-state index in [2.05, 4.69) is 0 Å². The third kappa shape index (κ3) is 2.88. The zero-order valence-electron chi connectivity index (χ0n) is 11.5. The van der Waals surface area contributed by atoms with Crippen molar-refractivity contribution in [2.75, 3.05) is 26.1 Å². The van der Waals surface area contributed by atoms with Crippen molar-refractivity contribution in [1.29, 1.82) is 0 Å². The molecule has 0 aliphatic rings. The van der Waals surface area contributed by atoms with Crippen LogP contribution in [0.3, 0.4) is 0 Å². The first-order valence-electron chi connectivity index (χ1n) is 6.21. The predicted molar refractivity (Wildman–Crippen MR) is 77.8 cm³/mol. The standard InChI is InChI=1S/C16H19NO2/c1-17(2)13-10-8-12(9-11-13)16(18)14-6-4-5-7-15(14)19-3/h4-11,16,18H,1-3H3. The summed E-state index contributed by atoms with van der Waals surface area (Å²) in [5, 5.41) is 10.4. The highest BCUT2D eigenvalue weighted by molar-refractivity contribution is 5.48. The summed E-state index contributed by atoms with van der Waals surface area (Å²) in [5.41, 5.74) is 2.74. The van der Waals surface area contributed by atoms with E-state index in [-0.39, 0.29) is 0 Å². The third-order valence-electron chi connectivity index (χ3n) is 3.16. The Morgan fingerprint density at radius 2 is 1.63 bits per heavy atom. The van der Waals surface area contributed by atoms with Crippen LogP contribution in [0.15, 0.2) is 48.5 Å². The van der Waals surface area contributed by atoms with Crippen LogP contribution in [0, 0.1) is 0 Å². The van der Waals surface area contributed by atoms with Crippen LogP contribution in [-0.4, -0.2) is 26.3 Å². The number of rotatable bonds is 4. The Kier molecular flexibility index (Phi) is 4.07. The lowest BCUT2D eigenvalue weighted by molar-refractivity contribution is 0.215. The predicted octanol–water partition coefficient (Wildman–Crippen LogP) is 2.84. The second-order valence-electron chi connectivity index (χ2n) is 4.63. The van der Waals surface area contributed by atoms with Gasteiger partial charge in [0.05, 0.1) is 7.11 Å². The first-order chi connectivity index (χ1) is 9.13. The highest BCUT2D eigenvalue weighted by atomic mass is 16.5. The van der Waals surface area contributed by atoms with Gasteiger partial charge in [0.25, 0.3) is 0 Å². The van der Waals surface area contributed by atoms with Gasteiger partial charge in [0, 0.05) is 25.3 Å². The number of nitrogens with zero attached hydrogens (tertiary/aromatic N) is 1. The van der Waals surface area contributed by atoms with Crippen LogP contribution in [0.2, 0.25) is 0 Å². The number of anilines is 1. The van der Waals surface area contributed by atoms with Crippen LogP contribution in [0.25, 0.3) is 0 Å². The van der Waals surface area contributed by atoms with Gasteiger partial charge in [-0.25, -0.2) is 0 Å². The molecule has 1 unspecified atom stereocenters. The smallest absolute Gasteiger partial charge is 0.125 e. The molecule has 100 valence electrons. The van der Waals surface area contributed by atoms with Gasteiger partial charge in [0.1, 0.15) is 11.9 Å². The molecule has 2 aromatic carbocycles. The van der Waals surface area contributed by atoms with Crippen molar-refractivity contribution in [2.24, 2.45) is 0 Å². The van der Waals surface area contributed by atoms with E-state index in [1.165, 1.54) is 0 Å². The summed E-state index contributed by atoms with van der Waals surface area (Å²) in [4.78, 5) is 2.03. The summed E-state index contributed by atoms with van der Waals surface area (Å²) in [5.74, 6) is 0.701. The van der Waals surface area contributed by atoms with Crippen LogP contribution in [-0.2, 0) is 0 Å². The van der Waals surface area contributed by atoms with Gasteiger partial charge in [-0.05, 0) is 23.8 Å². The fourth-order valence-electron chi connectivity index (χ4n) is 2.03. The summed E-state index contributed by atoms with van der Waals surface area (Å²) >= 11 is 0. The molecule has 19 heavy (non-hydrogen) atoms. The lowest BCUT2D eigenvalue weighted by Gasteiger charge is -2.17. The van der Waals surface area contributed by atoms with Crippen LogP contribution in [0.1, 0.15) is 17.2 Å². The minimum Gasteiger partial charge on any atom is -0.496 e. The molecule has 0 aromatic heterocycles. The van der Waals surface area contributed by atoms with Crippen molar-refractivity contribution >= 4 is 5.69 Å². The minimum absolute atomic E-state index is 0.674. The highest BCUT2D eigenvalue weighted by Crippen LogP contribution is 2.30. The number of ether oxygens (including phenoxy) is 1. The Bertz CT molecular complexity index is 535. The lowest BCUT2D eigenvalue weighted by atomic mass is 10.0. The van der Waals surface area contributed by atoms with E-state index in [1.54, 1.807) is 7.11 Å². The molecule has 0 saturated carbocycles. The Hall–Kier alpha value is -2.00. The number of hydrogen-bond acceptors (Lipinski definition) is 3. The monoisotopic (exact) mass is 257 g/mol. The van der Waals surface area contributed by atoms with E-state index in [0.29, 0.717) is 5.75 Å². The molecule has 0 radical (unpaired) electrons. The molecule has 2 rings (SSSR count). The minimum atomic E-state index is -0.674. The first-order valence-corrected chi connectivity index (χ1v) is 6.21. The molecule has 0 amide bonds. The van der Waals surface area contributed by atoms with Gasteiger partial charge in [0.15, 0.2) is 0 Å². The molecular weight excluding hydrogens is 238 g/mol. The Morgan fingerprint density at radius 1 is 1.00 bits per heavy atom. The van der Waals surface area contributed by atoms with E-state index in [4.69, 9.17) is 4.74 Å². The van der Waals surface area contributed by atoms with Crippen molar-refractivity contribution in [1.82, 2.24) is 0 Å². The number of para-hydroxylation sites is 1. The Labute approximate surface area is 114 Å². The molecule has 0 spiro atoms. The molecule has 1 N–H and O–H groups in total. The van der Waals surface area contributed by atoms with Gasteiger partial charge >= 0.3 is 0 Å². The molecule has 3 nitrogen and oxygen atoms in total. The number of methoxy groups -OCH3 is 1. The largest absolute Gasteiger partial charge is 0.496 e. The van der Waals surface area contributed by atoms with Crippen molar-refractivity contribution in [3.8, 4) is 5.75 Å². The van der Waals surface area contributed by atoms with Crippen molar-refractivity contribution in [3.63, 3.8) is 0 Å². The fourth-order valence-corrected chi connectivity index (χ4v) is 2.03. The number of benzene rings is 2. The lowest BCUT2D eigenvalue weighted by Crippen LogP contribution is -2.09. The maximum atomic E-state index is 10.4. The van der Waals surface area contributed by atoms with Gasteiger partial charge in [-0.1, -0.05) is 30.3 Å². The maximum Gasteiger partial charge on any atom is 0.125 e. The number of aliphatic hydroxyl groups is 1. The average molecular weight is 257 g/mol. The van der Waals surface area contributed by atoms with E-state index < -0.39 is 6.10 Å². The highest BCUT2D eigenvalue weighted by Gasteiger charge is 2.14. The number of aliphatic hydroxyl groups excluding tert-OH is 1. The van der Waals surface area contributed by atoms with Crippen LogP contribution < -0.4 is 9.64 Å². The second kappa shape index (κ2) is 5.76. The van der Waals surface area contributed by atoms with Crippen LogP contribution in [0.4, 0.5) is 5.69 Å². The van der Waals surface area contributed by atoms with E-state index in [0.717, 1.165) is 16.8 Å². The van der Waals surface area contributed by atoms with Crippen LogP contribution in [0.5, 0.6) is 5.75 Å². The molecule has 1 atom stereocenters. The zero-order chi connectivity index (χ0) is 13.8. The van der Waals surface area contributed by atoms with Crippen LogP contribution >= 0.6 is 0 Å². The Morgan fingerprint density at radius 3 is 2.21 bits per heavy atom. The number of hydrogen-bond donors (Lipinski definition) is 1. The van der Waals surface area contributed by atoms with Crippen molar-refractivity contribution < 1.29 is 9.84 Å². The van der Waals surface area contributed by atoms with Gasteiger partial charge in [-0.15, -0.1) is 0 Å². The SMILES string of the molecule is COc1ccccc1C(O)c1ccc(N(C)C)cc1. The van der Waals surface area contributed by atoms with Gasteiger partial charge in [-0.2, -0.15) is 0 Å². The van der Waals surface area contributed by atoms with Crippen molar-refractivity contribution in [2.45, 2.75) is 6.10 Å². The summed E-state index contributed by atoms with van der Waals surface area (Å²) in [6.45, 7) is 0. The quantitative estimate of drug-likeness (QED) is 0.914. The topological polar surface area (TPSA) is 32.7 Å². The maximum absolute atomic E-state index is 10.4. The molecule has 0 saturated heterocycles. The molecule has 2 aromatic rings. The normalized spacial score (nSPS) is 12.0. The molecule has 0 aliphatic carbocycles. The molecule has 3 heteroatoms. The second-order valence-corrected chi connectivity index (χ2v) is 4.63. The summed E-state index contributed by atoms with van der Waals surface area (Å²) < 4.78 is 5.28. The van der Waals surface area contributed by atoms with Gasteiger partial charge in [-0.3, -0.25) is 0 Å². The fraction of sp³-hybridized carbons (Fsp3) is 0.250. The molecule has 0 bridgehead atoms. The Balaban J connectivity index is 2.30. The molecule has 0 aliphatic heterocycles. The third-order valence-corrected chi connectivity index (χ3v) is 3.16. The van der Waals surface area contributed by atoms with E-state index in [9.17, 15) is 5.11 Å². The molecular formula is C16H19NO2. The van der Waals surface area contributed by atoms with Gasteiger partial charge < -0.3 is 14.7 Å².